The quantitative estimate of drug-likeness (QED) is 0.565. The molecule has 1 unspecified atom stereocenters. The number of aromatic nitrogens is 3. The first-order valence-electron chi connectivity index (χ1n) is 12.4. The van der Waals surface area contributed by atoms with E-state index in [0.717, 1.165) is 6.07 Å². The standard InChI is InChI=1S/C24H26F3N5O3/c1-13(15-6-5-7-16(19(15)25)20(26)27)30-21-17-10-18(23(34)31(3)22(17)29-12-28-21)24(35-4)8-9-32(11-24)14(2)33/h5-7,10,12-13,20H,8-9,11H2,1-4H3,(H,28,29,30)/t13-,24?/m1/s1/i4D3. The summed E-state index contributed by atoms with van der Waals surface area (Å²) >= 11 is 0. The Balaban J connectivity index is 1.84. The molecule has 1 aromatic carbocycles. The van der Waals surface area contributed by atoms with Gasteiger partial charge in [-0.2, -0.15) is 0 Å². The van der Waals surface area contributed by atoms with Gasteiger partial charge in [0.1, 0.15) is 29.2 Å². The Kier molecular flexibility index (Phi) is 5.54. The number of amides is 1. The SMILES string of the molecule is [2H]C([2H])([2H])OC1(c2cc3c(N[C@H](C)c4cccc(C(F)F)c4F)ncnc3n(C)c2=O)CCN(C(C)=O)C1. The van der Waals surface area contributed by atoms with Gasteiger partial charge in [0.25, 0.3) is 12.0 Å². The molecule has 11 heteroatoms. The van der Waals surface area contributed by atoms with Crippen LogP contribution in [-0.2, 0) is 22.2 Å². The highest BCUT2D eigenvalue weighted by Gasteiger charge is 2.43. The minimum Gasteiger partial charge on any atom is -0.371 e. The van der Waals surface area contributed by atoms with Crippen LogP contribution in [0.2, 0.25) is 0 Å². The number of nitrogens with one attached hydrogen (secondary N) is 1. The molecule has 0 aliphatic carbocycles. The number of fused-ring (bicyclic) bond motifs is 1. The van der Waals surface area contributed by atoms with Gasteiger partial charge >= 0.3 is 0 Å². The lowest BCUT2D eigenvalue weighted by Crippen LogP contribution is -2.40. The number of pyridine rings is 1. The largest absolute Gasteiger partial charge is 0.371 e. The molecule has 3 heterocycles. The summed E-state index contributed by atoms with van der Waals surface area (Å²) in [6.07, 6.45) is -1.75. The fourth-order valence-electron chi connectivity index (χ4n) is 4.47. The van der Waals surface area contributed by atoms with Crippen LogP contribution in [0.3, 0.4) is 0 Å². The molecule has 1 amide bonds. The van der Waals surface area contributed by atoms with Crippen molar-refractivity contribution in [2.24, 2.45) is 7.05 Å². The fourth-order valence-corrected chi connectivity index (χ4v) is 4.47. The van der Waals surface area contributed by atoms with Crippen LogP contribution in [0.1, 0.15) is 53.5 Å². The summed E-state index contributed by atoms with van der Waals surface area (Å²) in [5.41, 5.74) is -2.76. The number of hydrogen-bond donors (Lipinski definition) is 1. The van der Waals surface area contributed by atoms with Gasteiger partial charge in [0.2, 0.25) is 5.91 Å². The molecule has 2 atom stereocenters. The monoisotopic (exact) mass is 492 g/mol. The van der Waals surface area contributed by atoms with E-state index in [1.165, 1.54) is 48.0 Å². The van der Waals surface area contributed by atoms with E-state index in [0.29, 0.717) is 0 Å². The number of alkyl halides is 2. The van der Waals surface area contributed by atoms with Crippen molar-refractivity contribution in [1.29, 1.82) is 0 Å². The molecule has 1 aliphatic rings. The van der Waals surface area contributed by atoms with E-state index < -0.39 is 42.0 Å². The van der Waals surface area contributed by atoms with Crippen molar-refractivity contribution in [3.05, 3.63) is 63.5 Å². The minimum absolute atomic E-state index is 0.0104. The van der Waals surface area contributed by atoms with Crippen molar-refractivity contribution in [1.82, 2.24) is 19.4 Å². The van der Waals surface area contributed by atoms with E-state index >= 15 is 0 Å². The highest BCUT2D eigenvalue weighted by molar-refractivity contribution is 5.87. The van der Waals surface area contributed by atoms with E-state index in [2.05, 4.69) is 15.3 Å². The van der Waals surface area contributed by atoms with Crippen LogP contribution in [0.15, 0.2) is 35.4 Å². The molecule has 2 aromatic heterocycles. The summed E-state index contributed by atoms with van der Waals surface area (Å²) in [7, 11) is -1.43. The zero-order chi connectivity index (χ0) is 28.0. The Morgan fingerprint density at radius 1 is 1.31 bits per heavy atom. The molecular formula is C24H26F3N5O3. The fraction of sp³-hybridized carbons (Fsp3) is 0.417. The summed E-state index contributed by atoms with van der Waals surface area (Å²) < 4.78 is 71.0. The maximum atomic E-state index is 14.8. The number of rotatable bonds is 6. The van der Waals surface area contributed by atoms with E-state index in [9.17, 15) is 22.8 Å². The van der Waals surface area contributed by atoms with Gasteiger partial charge in [0.15, 0.2) is 0 Å². The van der Waals surface area contributed by atoms with E-state index in [1.807, 2.05) is 0 Å². The van der Waals surface area contributed by atoms with Gasteiger partial charge < -0.3 is 15.0 Å². The number of carbonyl (C=O) groups is 1. The van der Waals surface area contributed by atoms with Crippen LogP contribution in [0.5, 0.6) is 0 Å². The number of benzene rings is 1. The van der Waals surface area contributed by atoms with Crippen LogP contribution in [-0.4, -0.2) is 45.5 Å². The molecule has 0 radical (unpaired) electrons. The number of carbonyl (C=O) groups excluding carboxylic acids is 1. The second-order valence-electron chi connectivity index (χ2n) is 8.59. The van der Waals surface area contributed by atoms with Crippen LogP contribution in [0, 0.1) is 5.82 Å². The summed E-state index contributed by atoms with van der Waals surface area (Å²) in [4.78, 5) is 35.3. The third-order valence-corrected chi connectivity index (χ3v) is 6.48. The molecule has 4 rings (SSSR count). The first-order chi connectivity index (χ1) is 17.7. The Morgan fingerprint density at radius 3 is 2.71 bits per heavy atom. The van der Waals surface area contributed by atoms with Crippen LogP contribution < -0.4 is 10.9 Å². The number of halogens is 3. The van der Waals surface area contributed by atoms with Gasteiger partial charge in [0, 0.05) is 39.5 Å². The van der Waals surface area contributed by atoms with Gasteiger partial charge in [-0.3, -0.25) is 14.2 Å². The smallest absolute Gasteiger partial charge is 0.266 e. The van der Waals surface area contributed by atoms with Gasteiger partial charge in [-0.1, -0.05) is 18.2 Å². The first-order valence-corrected chi connectivity index (χ1v) is 10.9. The molecule has 1 saturated heterocycles. The molecule has 35 heavy (non-hydrogen) atoms. The lowest BCUT2D eigenvalue weighted by molar-refractivity contribution is -0.129. The molecule has 8 nitrogen and oxygen atoms in total. The predicted molar refractivity (Wildman–Crippen MR) is 124 cm³/mol. The summed E-state index contributed by atoms with van der Waals surface area (Å²) in [6.45, 7) is 2.93. The van der Waals surface area contributed by atoms with Gasteiger partial charge in [-0.15, -0.1) is 0 Å². The average molecular weight is 493 g/mol. The Bertz CT molecular complexity index is 1450. The van der Waals surface area contributed by atoms with E-state index in [-0.39, 0.29) is 53.4 Å². The first kappa shape index (κ1) is 20.9. The number of methoxy groups -OCH3 is 1. The summed E-state index contributed by atoms with van der Waals surface area (Å²) in [5.74, 6) is -1.19. The highest BCUT2D eigenvalue weighted by atomic mass is 19.3. The lowest BCUT2D eigenvalue weighted by atomic mass is 9.92. The number of nitrogens with zero attached hydrogens (tertiary/aromatic N) is 4. The molecule has 0 spiro atoms. The molecule has 0 saturated carbocycles. The van der Waals surface area contributed by atoms with Crippen LogP contribution in [0.25, 0.3) is 11.0 Å². The lowest BCUT2D eigenvalue weighted by Gasteiger charge is -2.28. The van der Waals surface area contributed by atoms with E-state index in [4.69, 9.17) is 8.85 Å². The van der Waals surface area contributed by atoms with Gasteiger partial charge in [-0.05, 0) is 13.0 Å². The molecular weight excluding hydrogens is 463 g/mol. The summed E-state index contributed by atoms with van der Waals surface area (Å²) in [6, 6.07) is 4.30. The van der Waals surface area contributed by atoms with Crippen molar-refractivity contribution in [3.63, 3.8) is 0 Å². The Morgan fingerprint density at radius 2 is 2.06 bits per heavy atom. The molecule has 1 N–H and O–H groups in total. The van der Waals surface area contributed by atoms with Crippen molar-refractivity contribution >= 4 is 22.8 Å². The molecule has 0 bridgehead atoms. The molecule has 1 aliphatic heterocycles. The number of ether oxygens (including phenoxy) is 1. The minimum atomic E-state index is -2.99. The normalized spacial score (nSPS) is 20.5. The number of aryl methyl sites for hydroxylation is 1. The zero-order valence-corrected chi connectivity index (χ0v) is 19.3. The second kappa shape index (κ2) is 9.29. The maximum Gasteiger partial charge on any atom is 0.266 e. The van der Waals surface area contributed by atoms with Crippen molar-refractivity contribution in [3.8, 4) is 0 Å². The average Bonchev–Trinajstić information content (AvgIpc) is 3.25. The molecule has 186 valence electrons. The topological polar surface area (TPSA) is 89.3 Å². The molecule has 1 fully saturated rings. The third kappa shape index (κ3) is 4.24. The third-order valence-electron chi connectivity index (χ3n) is 6.48. The number of anilines is 1. The summed E-state index contributed by atoms with van der Waals surface area (Å²) in [5, 5.41) is 3.28. The number of hydrogen-bond acceptors (Lipinski definition) is 6. The predicted octanol–water partition coefficient (Wildman–Crippen LogP) is 3.67. The van der Waals surface area contributed by atoms with Crippen molar-refractivity contribution < 1.29 is 26.8 Å². The highest BCUT2D eigenvalue weighted by Crippen LogP contribution is 2.36. The Labute approximate surface area is 204 Å². The van der Waals surface area contributed by atoms with Crippen molar-refractivity contribution in [2.75, 3.05) is 25.4 Å². The maximum absolute atomic E-state index is 14.8. The Hall–Kier alpha value is -3.47. The molecule has 3 aromatic rings. The second-order valence-corrected chi connectivity index (χ2v) is 8.59. The van der Waals surface area contributed by atoms with E-state index in [1.54, 1.807) is 6.92 Å². The van der Waals surface area contributed by atoms with Crippen molar-refractivity contribution in [2.45, 2.75) is 38.3 Å². The van der Waals surface area contributed by atoms with Gasteiger partial charge in [-0.25, -0.2) is 23.1 Å². The van der Waals surface area contributed by atoms with Crippen LogP contribution in [0.4, 0.5) is 19.0 Å². The van der Waals surface area contributed by atoms with Gasteiger partial charge in [0.05, 0.1) is 33.2 Å². The number of likely N-dealkylation sites (tertiary alicyclic amines) is 1. The zero-order valence-electron chi connectivity index (χ0n) is 22.3. The van der Waals surface area contributed by atoms with Crippen LogP contribution >= 0.6 is 0 Å².